The molecule has 1 aromatic carbocycles. The van der Waals surface area contributed by atoms with E-state index in [1.54, 1.807) is 6.07 Å². The SMILES string of the molecule is CCCCN(C(=O)c1cc(N)cc(S(C)(=O)=O)c1)C1CC1. The normalized spacial score (nSPS) is 15.0. The third-order valence-electron chi connectivity index (χ3n) is 3.61. The lowest BCUT2D eigenvalue weighted by molar-refractivity contribution is 0.0740. The Bertz CT molecular complexity index is 636. The zero-order valence-electron chi connectivity index (χ0n) is 12.5. The second kappa shape index (κ2) is 6.05. The number of unbranched alkanes of at least 4 members (excludes halogenated alkanes) is 1. The van der Waals surface area contributed by atoms with Crippen molar-refractivity contribution >= 4 is 21.4 Å². The lowest BCUT2D eigenvalue weighted by Crippen LogP contribution is -2.34. The highest BCUT2D eigenvalue weighted by Gasteiger charge is 2.32. The lowest BCUT2D eigenvalue weighted by atomic mass is 10.1. The fourth-order valence-corrected chi connectivity index (χ4v) is 2.98. The summed E-state index contributed by atoms with van der Waals surface area (Å²) < 4.78 is 23.3. The first-order valence-electron chi connectivity index (χ1n) is 7.24. The number of hydrogen-bond donors (Lipinski definition) is 1. The first kappa shape index (κ1) is 15.8. The van der Waals surface area contributed by atoms with Crippen molar-refractivity contribution in [2.45, 2.75) is 43.5 Å². The van der Waals surface area contributed by atoms with Crippen LogP contribution in [0.3, 0.4) is 0 Å². The highest BCUT2D eigenvalue weighted by molar-refractivity contribution is 7.90. The molecule has 1 aliphatic carbocycles. The minimum absolute atomic E-state index is 0.0945. The average molecular weight is 310 g/mol. The van der Waals surface area contributed by atoms with Gasteiger partial charge in [0.25, 0.3) is 5.91 Å². The molecule has 1 amide bonds. The number of nitrogens with two attached hydrogens (primary N) is 1. The van der Waals surface area contributed by atoms with Gasteiger partial charge in [0.15, 0.2) is 9.84 Å². The van der Waals surface area contributed by atoms with Crippen LogP contribution in [0.25, 0.3) is 0 Å². The Morgan fingerprint density at radius 3 is 2.52 bits per heavy atom. The molecule has 0 heterocycles. The predicted molar refractivity (Wildman–Crippen MR) is 82.9 cm³/mol. The Morgan fingerprint density at radius 1 is 1.33 bits per heavy atom. The molecule has 6 heteroatoms. The van der Waals surface area contributed by atoms with Gasteiger partial charge in [-0.05, 0) is 37.5 Å². The Labute approximate surface area is 126 Å². The first-order chi connectivity index (χ1) is 9.82. The van der Waals surface area contributed by atoms with Crippen LogP contribution >= 0.6 is 0 Å². The third kappa shape index (κ3) is 3.97. The topological polar surface area (TPSA) is 80.5 Å². The molecule has 0 aromatic heterocycles. The molecule has 21 heavy (non-hydrogen) atoms. The van der Waals surface area contributed by atoms with E-state index in [0.29, 0.717) is 23.8 Å². The number of rotatable bonds is 6. The number of anilines is 1. The highest BCUT2D eigenvalue weighted by Crippen LogP contribution is 2.29. The highest BCUT2D eigenvalue weighted by atomic mass is 32.2. The Morgan fingerprint density at radius 2 is 2.00 bits per heavy atom. The molecule has 1 saturated carbocycles. The van der Waals surface area contributed by atoms with Crippen LogP contribution in [-0.4, -0.2) is 38.1 Å². The maximum absolute atomic E-state index is 12.6. The smallest absolute Gasteiger partial charge is 0.254 e. The maximum Gasteiger partial charge on any atom is 0.254 e. The number of nitrogens with zero attached hydrogens (tertiary/aromatic N) is 1. The molecular formula is C15H22N2O3S. The van der Waals surface area contributed by atoms with Crippen molar-refractivity contribution < 1.29 is 13.2 Å². The lowest BCUT2D eigenvalue weighted by Gasteiger charge is -2.22. The molecule has 0 radical (unpaired) electrons. The van der Waals surface area contributed by atoms with Crippen molar-refractivity contribution in [2.75, 3.05) is 18.5 Å². The summed E-state index contributed by atoms with van der Waals surface area (Å²) in [6.45, 7) is 2.79. The largest absolute Gasteiger partial charge is 0.399 e. The monoisotopic (exact) mass is 310 g/mol. The van der Waals surface area contributed by atoms with Gasteiger partial charge in [-0.2, -0.15) is 0 Å². The van der Waals surface area contributed by atoms with Gasteiger partial charge in [-0.15, -0.1) is 0 Å². The maximum atomic E-state index is 12.6. The van der Waals surface area contributed by atoms with Crippen LogP contribution in [-0.2, 0) is 9.84 Å². The van der Waals surface area contributed by atoms with E-state index in [2.05, 4.69) is 6.92 Å². The van der Waals surface area contributed by atoms with E-state index in [4.69, 9.17) is 5.73 Å². The van der Waals surface area contributed by atoms with Crippen molar-refractivity contribution in [2.24, 2.45) is 0 Å². The van der Waals surface area contributed by atoms with E-state index in [1.165, 1.54) is 12.1 Å². The molecule has 0 saturated heterocycles. The number of benzene rings is 1. The summed E-state index contributed by atoms with van der Waals surface area (Å²) in [5.41, 5.74) is 6.41. The van der Waals surface area contributed by atoms with Crippen LogP contribution in [0.1, 0.15) is 43.0 Å². The van der Waals surface area contributed by atoms with Gasteiger partial charge in [0.1, 0.15) is 0 Å². The molecule has 1 aliphatic rings. The number of sulfone groups is 1. The van der Waals surface area contributed by atoms with Crippen LogP contribution in [0, 0.1) is 0 Å². The molecule has 0 unspecified atom stereocenters. The van der Waals surface area contributed by atoms with Crippen LogP contribution in [0.2, 0.25) is 0 Å². The molecule has 2 rings (SSSR count). The van der Waals surface area contributed by atoms with E-state index in [-0.39, 0.29) is 10.8 Å². The van der Waals surface area contributed by atoms with Gasteiger partial charge in [0.2, 0.25) is 0 Å². The zero-order chi connectivity index (χ0) is 15.6. The number of carbonyl (C=O) groups excluding carboxylic acids is 1. The fraction of sp³-hybridized carbons (Fsp3) is 0.533. The second-order valence-corrected chi connectivity index (χ2v) is 7.66. The van der Waals surface area contributed by atoms with Gasteiger partial charge in [-0.1, -0.05) is 13.3 Å². The summed E-state index contributed by atoms with van der Waals surface area (Å²) in [7, 11) is -3.38. The first-order valence-corrected chi connectivity index (χ1v) is 9.13. The molecule has 0 aliphatic heterocycles. The van der Waals surface area contributed by atoms with Gasteiger partial charge < -0.3 is 10.6 Å². The summed E-state index contributed by atoms with van der Waals surface area (Å²) in [5.74, 6) is -0.122. The van der Waals surface area contributed by atoms with Gasteiger partial charge in [-0.3, -0.25) is 4.79 Å². The average Bonchev–Trinajstić information content (AvgIpc) is 3.22. The molecule has 1 aromatic rings. The van der Waals surface area contributed by atoms with Crippen LogP contribution in [0.15, 0.2) is 23.1 Å². The number of hydrogen-bond acceptors (Lipinski definition) is 4. The summed E-state index contributed by atoms with van der Waals surface area (Å²) in [4.78, 5) is 14.6. The van der Waals surface area contributed by atoms with Gasteiger partial charge >= 0.3 is 0 Å². The predicted octanol–water partition coefficient (Wildman–Crippen LogP) is 2.08. The molecule has 0 atom stereocenters. The Kier molecular flexibility index (Phi) is 4.56. The number of carbonyl (C=O) groups is 1. The minimum atomic E-state index is -3.38. The Hall–Kier alpha value is -1.56. The summed E-state index contributed by atoms with van der Waals surface area (Å²) in [6.07, 6.45) is 5.13. The van der Waals surface area contributed by atoms with E-state index in [1.807, 2.05) is 4.90 Å². The van der Waals surface area contributed by atoms with Gasteiger partial charge in [0, 0.05) is 30.1 Å². The summed E-state index contributed by atoms with van der Waals surface area (Å²) >= 11 is 0. The Balaban J connectivity index is 2.31. The molecule has 0 bridgehead atoms. The number of amides is 1. The molecule has 116 valence electrons. The molecule has 1 fully saturated rings. The summed E-state index contributed by atoms with van der Waals surface area (Å²) in [5, 5.41) is 0. The van der Waals surface area contributed by atoms with E-state index < -0.39 is 9.84 Å². The van der Waals surface area contributed by atoms with E-state index in [0.717, 1.165) is 31.9 Å². The minimum Gasteiger partial charge on any atom is -0.399 e. The van der Waals surface area contributed by atoms with Crippen molar-refractivity contribution in [1.82, 2.24) is 4.90 Å². The van der Waals surface area contributed by atoms with Crippen LogP contribution in [0.5, 0.6) is 0 Å². The van der Waals surface area contributed by atoms with Crippen LogP contribution in [0.4, 0.5) is 5.69 Å². The van der Waals surface area contributed by atoms with E-state index >= 15 is 0 Å². The molecule has 5 nitrogen and oxygen atoms in total. The second-order valence-electron chi connectivity index (χ2n) is 5.65. The molecule has 0 spiro atoms. The third-order valence-corrected chi connectivity index (χ3v) is 4.70. The fourth-order valence-electron chi connectivity index (χ4n) is 2.29. The van der Waals surface area contributed by atoms with Gasteiger partial charge in [-0.25, -0.2) is 8.42 Å². The molecular weight excluding hydrogens is 288 g/mol. The molecule has 2 N–H and O–H groups in total. The zero-order valence-corrected chi connectivity index (χ0v) is 13.3. The van der Waals surface area contributed by atoms with E-state index in [9.17, 15) is 13.2 Å². The van der Waals surface area contributed by atoms with Crippen molar-refractivity contribution in [3.05, 3.63) is 23.8 Å². The van der Waals surface area contributed by atoms with Crippen molar-refractivity contribution in [3.63, 3.8) is 0 Å². The summed E-state index contributed by atoms with van der Waals surface area (Å²) in [6, 6.07) is 4.67. The van der Waals surface area contributed by atoms with Gasteiger partial charge in [0.05, 0.1) is 4.90 Å². The van der Waals surface area contributed by atoms with Crippen molar-refractivity contribution in [3.8, 4) is 0 Å². The van der Waals surface area contributed by atoms with Crippen molar-refractivity contribution in [1.29, 1.82) is 0 Å². The standard InChI is InChI=1S/C15H22N2O3S/c1-3-4-7-17(13-5-6-13)15(18)11-8-12(16)10-14(9-11)21(2,19)20/h8-10,13H,3-7,16H2,1-2H3. The van der Waals surface area contributed by atoms with Crippen LogP contribution < -0.4 is 5.73 Å². The number of nitrogen functional groups attached to an aromatic ring is 1. The quantitative estimate of drug-likeness (QED) is 0.816.